The summed E-state index contributed by atoms with van der Waals surface area (Å²) in [5.74, 6) is -2.05. The lowest BCUT2D eigenvalue weighted by atomic mass is 9.95. The molecule has 246 valence electrons. The van der Waals surface area contributed by atoms with Crippen molar-refractivity contribution in [2.45, 2.75) is 91.0 Å². The van der Waals surface area contributed by atoms with Gasteiger partial charge in [-0.3, -0.25) is 19.4 Å². The molecule has 0 aliphatic carbocycles. The zero-order valence-electron chi connectivity index (χ0n) is 26.8. The molecule has 3 amide bonds. The summed E-state index contributed by atoms with van der Waals surface area (Å²) in [5.41, 5.74) is 15.9. The van der Waals surface area contributed by atoms with Crippen LogP contribution >= 0.6 is 0 Å². The molecule has 0 unspecified atom stereocenters. The molecule has 1 aromatic heterocycles. The molecule has 8 N–H and O–H groups in total. The van der Waals surface area contributed by atoms with Crippen LogP contribution in [0.15, 0.2) is 32.4 Å². The van der Waals surface area contributed by atoms with Gasteiger partial charge in [0.2, 0.25) is 11.8 Å². The Bertz CT molecular complexity index is 1520. The third-order valence-electron chi connectivity index (χ3n) is 7.46. The number of rotatable bonds is 11. The number of carbonyl (C=O) groups excluding carboxylic acids is 4. The number of aryl methyl sites for hydroxylation is 1. The highest BCUT2D eigenvalue weighted by Gasteiger charge is 2.40. The van der Waals surface area contributed by atoms with E-state index in [0.29, 0.717) is 35.9 Å². The van der Waals surface area contributed by atoms with Crippen molar-refractivity contribution in [2.24, 2.45) is 22.4 Å². The smallest absolute Gasteiger partial charge is 0.408 e. The number of guanidine groups is 1. The normalized spacial score (nSPS) is 16.2. The van der Waals surface area contributed by atoms with Gasteiger partial charge in [-0.2, -0.15) is 0 Å². The molecule has 3 atom stereocenters. The number of amides is 3. The molecule has 14 heteroatoms. The van der Waals surface area contributed by atoms with Crippen LogP contribution in [0.3, 0.4) is 0 Å². The van der Waals surface area contributed by atoms with Gasteiger partial charge in [-0.25, -0.2) is 9.59 Å². The second kappa shape index (κ2) is 14.4. The number of nitrogens with one attached hydrogen (secondary N) is 2. The van der Waals surface area contributed by atoms with Gasteiger partial charge in [-0.1, -0.05) is 13.8 Å². The van der Waals surface area contributed by atoms with Crippen LogP contribution in [0.4, 0.5) is 10.5 Å². The van der Waals surface area contributed by atoms with Gasteiger partial charge < -0.3 is 41.9 Å². The minimum absolute atomic E-state index is 0.107. The first-order valence-corrected chi connectivity index (χ1v) is 15.0. The number of anilines is 1. The van der Waals surface area contributed by atoms with E-state index < -0.39 is 53.0 Å². The predicted molar refractivity (Wildman–Crippen MR) is 171 cm³/mol. The van der Waals surface area contributed by atoms with Crippen LogP contribution < -0.4 is 33.5 Å². The van der Waals surface area contributed by atoms with Gasteiger partial charge in [0.15, 0.2) is 11.7 Å². The number of nitrogens with two attached hydrogens (primary N) is 3. The number of nitrogens with zero attached hydrogens (tertiary/aromatic N) is 2. The Labute approximate surface area is 262 Å². The molecule has 0 bridgehead atoms. The lowest BCUT2D eigenvalue weighted by Crippen LogP contribution is -2.57. The van der Waals surface area contributed by atoms with E-state index in [-0.39, 0.29) is 42.5 Å². The van der Waals surface area contributed by atoms with Crippen LogP contribution in [-0.4, -0.2) is 71.4 Å². The highest BCUT2D eigenvalue weighted by Crippen LogP contribution is 2.24. The number of alkyl carbamates (subject to hydrolysis) is 1. The number of fused-ring (bicyclic) bond motifs is 1. The molecule has 1 saturated heterocycles. The van der Waals surface area contributed by atoms with E-state index in [9.17, 15) is 24.0 Å². The van der Waals surface area contributed by atoms with Gasteiger partial charge in [0.25, 0.3) is 0 Å². The van der Waals surface area contributed by atoms with Gasteiger partial charge in [-0.15, -0.1) is 0 Å². The molecular weight excluding hydrogens is 582 g/mol. The zero-order chi connectivity index (χ0) is 33.6. The first-order chi connectivity index (χ1) is 21.0. The summed E-state index contributed by atoms with van der Waals surface area (Å²) in [4.78, 5) is 72.2. The Morgan fingerprint density at radius 3 is 2.47 bits per heavy atom. The fraction of sp³-hybridized carbons (Fsp3) is 0.548. The average Bonchev–Trinajstić information content (AvgIpc) is 3.41. The number of Topliss-reactive ketones (excluding diaryl/α,β-unsaturated/α-hetero) is 1. The quantitative estimate of drug-likeness (QED) is 0.0607. The van der Waals surface area contributed by atoms with Crippen molar-refractivity contribution in [1.82, 2.24) is 15.5 Å². The lowest BCUT2D eigenvalue weighted by Gasteiger charge is -2.31. The molecule has 45 heavy (non-hydrogen) atoms. The molecule has 14 nitrogen and oxygen atoms in total. The maximum atomic E-state index is 13.9. The molecule has 1 fully saturated rings. The first-order valence-electron chi connectivity index (χ1n) is 15.0. The summed E-state index contributed by atoms with van der Waals surface area (Å²) in [6.45, 7) is 10.8. The number of likely N-dealkylation sites (tertiary alicyclic amines) is 1. The lowest BCUT2D eigenvalue weighted by molar-refractivity contribution is -0.141. The van der Waals surface area contributed by atoms with Crippen LogP contribution in [0, 0.1) is 12.8 Å². The third-order valence-corrected chi connectivity index (χ3v) is 7.46. The van der Waals surface area contributed by atoms with Crippen molar-refractivity contribution >= 4 is 46.3 Å². The summed E-state index contributed by atoms with van der Waals surface area (Å²) in [5, 5.41) is 5.95. The second-order valence-corrected chi connectivity index (χ2v) is 12.6. The van der Waals surface area contributed by atoms with Crippen LogP contribution in [0.5, 0.6) is 0 Å². The standard InChI is InChI=1S/C31H45N7O7/c1-16(2)24(37-30(43)45-31(4,5)6)27(41)38-14-8-10-21(38)26(40)36-20(9-7-13-35-29(33)34)25(39)23-17(3)19-12-11-18(32)15-22(19)44-28(23)42/h11-12,15-16,20-21,24H,7-10,13-14,32H2,1-6H3,(H,36,40)(H,37,43)(H4,33,34,35)/t20-,21-,24-/m0/s1. The number of nitrogen functional groups attached to an aromatic ring is 1. The van der Waals surface area contributed by atoms with E-state index in [1.54, 1.807) is 53.7 Å². The van der Waals surface area contributed by atoms with Gasteiger partial charge in [0, 0.05) is 30.2 Å². The Morgan fingerprint density at radius 2 is 1.84 bits per heavy atom. The van der Waals surface area contributed by atoms with E-state index in [1.807, 2.05) is 0 Å². The fourth-order valence-corrected chi connectivity index (χ4v) is 5.30. The van der Waals surface area contributed by atoms with Gasteiger partial charge >= 0.3 is 11.7 Å². The molecular formula is C31H45N7O7. The van der Waals surface area contributed by atoms with E-state index in [0.717, 1.165) is 0 Å². The van der Waals surface area contributed by atoms with E-state index in [2.05, 4.69) is 15.6 Å². The minimum atomic E-state index is -1.14. The van der Waals surface area contributed by atoms with Gasteiger partial charge in [0.05, 0.1) is 6.04 Å². The number of hydrogen-bond donors (Lipinski definition) is 5. The average molecular weight is 628 g/mol. The molecule has 0 radical (unpaired) electrons. The molecule has 1 aromatic carbocycles. The van der Waals surface area contributed by atoms with Crippen molar-refractivity contribution in [3.05, 3.63) is 39.7 Å². The summed E-state index contributed by atoms with van der Waals surface area (Å²) in [6, 6.07) is 1.81. The minimum Gasteiger partial charge on any atom is -0.444 e. The topological polar surface area (TPSA) is 225 Å². The Kier molecular flexibility index (Phi) is 11.2. The Morgan fingerprint density at radius 1 is 1.16 bits per heavy atom. The van der Waals surface area contributed by atoms with Crippen molar-refractivity contribution in [2.75, 3.05) is 18.8 Å². The highest BCUT2D eigenvalue weighted by molar-refractivity contribution is 6.06. The van der Waals surface area contributed by atoms with Crippen molar-refractivity contribution in [3.8, 4) is 0 Å². The molecule has 1 aliphatic heterocycles. The summed E-state index contributed by atoms with van der Waals surface area (Å²) < 4.78 is 10.8. The molecule has 0 saturated carbocycles. The molecule has 0 spiro atoms. The van der Waals surface area contributed by atoms with E-state index in [1.165, 1.54) is 11.0 Å². The molecule has 1 aliphatic rings. The predicted octanol–water partition coefficient (Wildman–Crippen LogP) is 1.95. The number of benzene rings is 1. The van der Waals surface area contributed by atoms with Crippen LogP contribution in [-0.2, 0) is 14.3 Å². The number of ketones is 1. The maximum Gasteiger partial charge on any atom is 0.408 e. The summed E-state index contributed by atoms with van der Waals surface area (Å²) in [6.07, 6.45) is 0.567. The summed E-state index contributed by atoms with van der Waals surface area (Å²) in [7, 11) is 0. The monoisotopic (exact) mass is 627 g/mol. The largest absolute Gasteiger partial charge is 0.444 e. The van der Waals surface area contributed by atoms with E-state index >= 15 is 0 Å². The fourth-order valence-electron chi connectivity index (χ4n) is 5.30. The SMILES string of the molecule is Cc1c(C(=O)[C@H](CCCN=C(N)N)NC(=O)[C@@H]2CCCN2C(=O)[C@@H](NC(=O)OC(C)(C)C)C(C)C)c(=O)oc2cc(N)ccc12. The molecule has 3 rings (SSSR count). The molecule has 2 heterocycles. The Balaban J connectivity index is 1.88. The van der Waals surface area contributed by atoms with Crippen molar-refractivity contribution < 1.29 is 28.3 Å². The van der Waals surface area contributed by atoms with Crippen LogP contribution in [0.2, 0.25) is 0 Å². The van der Waals surface area contributed by atoms with Crippen molar-refractivity contribution in [3.63, 3.8) is 0 Å². The van der Waals surface area contributed by atoms with Gasteiger partial charge in [0.1, 0.15) is 28.8 Å². The second-order valence-electron chi connectivity index (χ2n) is 12.6. The number of hydrogen-bond acceptors (Lipinski definition) is 9. The first kappa shape index (κ1) is 34.9. The van der Waals surface area contributed by atoms with Gasteiger partial charge in [-0.05, 0) is 77.0 Å². The highest BCUT2D eigenvalue weighted by atomic mass is 16.6. The number of aliphatic imine (C=N–C) groups is 1. The van der Waals surface area contributed by atoms with Crippen LogP contribution in [0.1, 0.15) is 76.2 Å². The van der Waals surface area contributed by atoms with Crippen LogP contribution in [0.25, 0.3) is 11.0 Å². The van der Waals surface area contributed by atoms with Crippen molar-refractivity contribution in [1.29, 1.82) is 0 Å². The van der Waals surface area contributed by atoms with E-state index in [4.69, 9.17) is 26.4 Å². The maximum absolute atomic E-state index is 13.9. The summed E-state index contributed by atoms with van der Waals surface area (Å²) >= 11 is 0. The molecule has 2 aromatic rings. The third kappa shape index (κ3) is 8.96. The zero-order valence-corrected chi connectivity index (χ0v) is 26.8. The number of carbonyl (C=O) groups is 4. The Hall–Kier alpha value is -4.62. The number of ether oxygens (including phenoxy) is 1.